The number of benzene rings is 2. The van der Waals surface area contributed by atoms with E-state index >= 15 is 0 Å². The van der Waals surface area contributed by atoms with Crippen molar-refractivity contribution in [2.45, 2.75) is 37.5 Å². The van der Waals surface area contributed by atoms with Crippen molar-refractivity contribution in [2.24, 2.45) is 5.92 Å². The summed E-state index contributed by atoms with van der Waals surface area (Å²) in [7, 11) is 0. The van der Waals surface area contributed by atoms with Crippen molar-refractivity contribution in [3.63, 3.8) is 0 Å². The first-order valence-electron chi connectivity index (χ1n) is 11.3. The number of ketones is 1. The standard InChI is InChI=1S/C27H23BrClNO2/c28-17-12-21-24(23(15-4-2-1-3-5-15)16-8-10-32-11-9-16)20-13-19-18(6-7-22(19)31)26(29)25(20)27(21)30-14-17/h1-5,12-14,16,23-24H,6-11H2. The molecular formula is C27H23BrClNO2. The van der Waals surface area contributed by atoms with E-state index in [9.17, 15) is 4.79 Å². The zero-order valence-corrected chi connectivity index (χ0v) is 20.0. The number of hydrogen-bond donors (Lipinski definition) is 0. The Hall–Kier alpha value is -2.01. The van der Waals surface area contributed by atoms with Gasteiger partial charge < -0.3 is 4.74 Å². The number of carbonyl (C=O) groups is 1. The number of pyridine rings is 1. The highest BCUT2D eigenvalue weighted by Crippen LogP contribution is 2.57. The molecule has 3 aliphatic rings. The molecule has 162 valence electrons. The van der Waals surface area contributed by atoms with Crippen LogP contribution in [0, 0.1) is 5.92 Å². The molecule has 3 aromatic rings. The van der Waals surface area contributed by atoms with E-state index in [4.69, 9.17) is 21.3 Å². The topological polar surface area (TPSA) is 39.2 Å². The average molecular weight is 509 g/mol. The van der Waals surface area contributed by atoms with Gasteiger partial charge in [-0.1, -0.05) is 41.9 Å². The van der Waals surface area contributed by atoms with Gasteiger partial charge >= 0.3 is 0 Å². The third kappa shape index (κ3) is 3.19. The fourth-order valence-electron chi connectivity index (χ4n) is 6.01. The van der Waals surface area contributed by atoms with Crippen LogP contribution in [0.15, 0.2) is 53.1 Å². The number of halogens is 2. The van der Waals surface area contributed by atoms with Gasteiger partial charge in [0.15, 0.2) is 5.78 Å². The minimum Gasteiger partial charge on any atom is -0.381 e. The summed E-state index contributed by atoms with van der Waals surface area (Å²) in [4.78, 5) is 17.5. The lowest BCUT2D eigenvalue weighted by atomic mass is 9.70. The van der Waals surface area contributed by atoms with E-state index in [0.29, 0.717) is 12.3 Å². The average Bonchev–Trinajstić information content (AvgIpc) is 3.34. The Morgan fingerprint density at radius 1 is 1.06 bits per heavy atom. The zero-order valence-electron chi connectivity index (χ0n) is 17.6. The van der Waals surface area contributed by atoms with Gasteiger partial charge in [0, 0.05) is 47.3 Å². The van der Waals surface area contributed by atoms with Crippen LogP contribution in [-0.4, -0.2) is 24.0 Å². The molecule has 0 saturated carbocycles. The second kappa shape index (κ2) is 8.09. The largest absolute Gasteiger partial charge is 0.381 e. The molecular weight excluding hydrogens is 486 g/mol. The van der Waals surface area contributed by atoms with Gasteiger partial charge in [-0.05, 0) is 81.4 Å². The van der Waals surface area contributed by atoms with Crippen molar-refractivity contribution in [1.82, 2.24) is 4.98 Å². The Morgan fingerprint density at radius 2 is 1.84 bits per heavy atom. The summed E-state index contributed by atoms with van der Waals surface area (Å²) in [5, 5.41) is 0.723. The van der Waals surface area contributed by atoms with E-state index in [1.54, 1.807) is 0 Å². The Balaban J connectivity index is 1.61. The molecule has 1 saturated heterocycles. The van der Waals surface area contributed by atoms with E-state index in [2.05, 4.69) is 58.4 Å². The molecule has 0 bridgehead atoms. The maximum Gasteiger partial charge on any atom is 0.163 e. The summed E-state index contributed by atoms with van der Waals surface area (Å²) >= 11 is 10.7. The van der Waals surface area contributed by atoms with Crippen LogP contribution in [0.3, 0.4) is 0 Å². The molecule has 1 fully saturated rings. The summed E-state index contributed by atoms with van der Waals surface area (Å²) in [6.45, 7) is 1.58. The molecule has 0 radical (unpaired) electrons. The van der Waals surface area contributed by atoms with Gasteiger partial charge in [0.2, 0.25) is 0 Å². The Labute approximate surface area is 201 Å². The fourth-order valence-corrected chi connectivity index (χ4v) is 6.75. The predicted octanol–water partition coefficient (Wildman–Crippen LogP) is 6.95. The smallest absolute Gasteiger partial charge is 0.163 e. The van der Waals surface area contributed by atoms with Crippen LogP contribution in [0.25, 0.3) is 11.3 Å². The first kappa shape index (κ1) is 20.6. The van der Waals surface area contributed by atoms with Crippen molar-refractivity contribution in [1.29, 1.82) is 0 Å². The highest BCUT2D eigenvalue weighted by molar-refractivity contribution is 9.10. The minimum atomic E-state index is 0.103. The Morgan fingerprint density at radius 3 is 2.62 bits per heavy atom. The molecule has 1 aliphatic heterocycles. The minimum absolute atomic E-state index is 0.103. The monoisotopic (exact) mass is 507 g/mol. The van der Waals surface area contributed by atoms with Gasteiger partial charge in [-0.2, -0.15) is 0 Å². The lowest BCUT2D eigenvalue weighted by molar-refractivity contribution is 0.0560. The van der Waals surface area contributed by atoms with Crippen molar-refractivity contribution in [3.05, 3.63) is 86.0 Å². The van der Waals surface area contributed by atoms with E-state index < -0.39 is 0 Å². The van der Waals surface area contributed by atoms with Crippen molar-refractivity contribution in [2.75, 3.05) is 13.2 Å². The number of fused-ring (bicyclic) bond motifs is 4. The van der Waals surface area contributed by atoms with Gasteiger partial charge in [-0.15, -0.1) is 0 Å². The maximum atomic E-state index is 12.7. The summed E-state index contributed by atoms with van der Waals surface area (Å²) in [5.74, 6) is 1.06. The number of rotatable bonds is 3. The molecule has 0 amide bonds. The lowest BCUT2D eigenvalue weighted by Gasteiger charge is -2.36. The lowest BCUT2D eigenvalue weighted by Crippen LogP contribution is -2.26. The molecule has 32 heavy (non-hydrogen) atoms. The summed E-state index contributed by atoms with van der Waals surface area (Å²) in [6.07, 6.45) is 5.18. The van der Waals surface area contributed by atoms with E-state index in [1.807, 2.05) is 6.20 Å². The molecule has 2 unspecified atom stereocenters. The molecule has 1 aromatic heterocycles. The predicted molar refractivity (Wildman–Crippen MR) is 130 cm³/mol. The van der Waals surface area contributed by atoms with Gasteiger partial charge in [-0.3, -0.25) is 9.78 Å². The number of hydrogen-bond acceptors (Lipinski definition) is 3. The second-order valence-electron chi connectivity index (χ2n) is 9.06. The highest BCUT2D eigenvalue weighted by Gasteiger charge is 2.43. The molecule has 2 heterocycles. The highest BCUT2D eigenvalue weighted by atomic mass is 79.9. The van der Waals surface area contributed by atoms with E-state index in [-0.39, 0.29) is 17.6 Å². The van der Waals surface area contributed by atoms with E-state index in [1.165, 1.54) is 11.1 Å². The zero-order chi connectivity index (χ0) is 21.8. The van der Waals surface area contributed by atoms with Gasteiger partial charge in [-0.25, -0.2) is 0 Å². The first-order chi connectivity index (χ1) is 15.6. The Kier molecular flexibility index (Phi) is 5.20. The SMILES string of the molecule is O=C1CCc2c1cc1c(c2Cl)-c2ncc(Br)cc2C1C(c1ccccc1)C1CCOCC1. The normalized spacial score (nSPS) is 20.7. The molecule has 3 nitrogen and oxygen atoms in total. The fraction of sp³-hybridized carbons (Fsp3) is 0.333. The second-order valence-corrected chi connectivity index (χ2v) is 10.4. The number of nitrogens with zero attached hydrogens (tertiary/aromatic N) is 1. The van der Waals surface area contributed by atoms with Gasteiger partial charge in [0.05, 0.1) is 10.7 Å². The number of ether oxygens (including phenoxy) is 1. The molecule has 2 atom stereocenters. The molecule has 2 aliphatic carbocycles. The van der Waals surface area contributed by atoms with Crippen LogP contribution >= 0.6 is 27.5 Å². The first-order valence-corrected chi connectivity index (χ1v) is 12.5. The third-order valence-corrected chi connectivity index (χ3v) is 8.26. The molecule has 6 rings (SSSR count). The van der Waals surface area contributed by atoms with Crippen LogP contribution in [-0.2, 0) is 11.2 Å². The van der Waals surface area contributed by atoms with Crippen molar-refractivity contribution < 1.29 is 9.53 Å². The van der Waals surface area contributed by atoms with Gasteiger partial charge in [0.25, 0.3) is 0 Å². The van der Waals surface area contributed by atoms with Crippen LogP contribution in [0.1, 0.15) is 63.7 Å². The molecule has 0 N–H and O–H groups in total. The third-order valence-electron chi connectivity index (χ3n) is 7.41. The van der Waals surface area contributed by atoms with Gasteiger partial charge in [0.1, 0.15) is 0 Å². The van der Waals surface area contributed by atoms with Crippen molar-refractivity contribution in [3.8, 4) is 11.3 Å². The number of carbonyl (C=O) groups excluding carboxylic acids is 1. The number of Topliss-reactive ketones (excluding diaryl/α,β-unsaturated/α-hetero) is 1. The molecule has 0 spiro atoms. The summed E-state index contributed by atoms with van der Waals surface area (Å²) in [6, 6.07) is 15.1. The summed E-state index contributed by atoms with van der Waals surface area (Å²) in [5.41, 5.74) is 7.48. The van der Waals surface area contributed by atoms with Crippen LogP contribution in [0.4, 0.5) is 0 Å². The molecule has 5 heteroatoms. The number of aromatic nitrogens is 1. The quantitative estimate of drug-likeness (QED) is 0.384. The Bertz CT molecular complexity index is 1220. The van der Waals surface area contributed by atoms with Crippen LogP contribution < -0.4 is 0 Å². The van der Waals surface area contributed by atoms with Crippen molar-refractivity contribution >= 4 is 33.3 Å². The van der Waals surface area contributed by atoms with Crippen LogP contribution in [0.5, 0.6) is 0 Å². The van der Waals surface area contributed by atoms with E-state index in [0.717, 1.165) is 69.9 Å². The maximum absolute atomic E-state index is 12.7. The molecule has 2 aromatic carbocycles. The van der Waals surface area contributed by atoms with Crippen LogP contribution in [0.2, 0.25) is 5.02 Å². The summed E-state index contributed by atoms with van der Waals surface area (Å²) < 4.78 is 6.68.